The number of unbranched alkanes of at least 4 members (excludes halogenated alkanes) is 1. The molecule has 282 valence electrons. The van der Waals surface area contributed by atoms with Gasteiger partial charge in [-0.05, 0) is 19.3 Å². The Kier molecular flexibility index (Phi) is 13.7. The molecule has 0 aromatic carbocycles. The number of hydrogen-bond donors (Lipinski definition) is 5. The first kappa shape index (κ1) is 43.5. The number of ether oxygens (including phenoxy) is 3. The molecule has 0 aromatic rings. The number of halogens is 17. The maximum Gasteiger partial charge on any atom is 0.460 e. The Balaban J connectivity index is 2.73. The Morgan fingerprint density at radius 1 is 0.553 bits per heavy atom. The van der Waals surface area contributed by atoms with Crippen LogP contribution in [0.3, 0.4) is 0 Å². The summed E-state index contributed by atoms with van der Waals surface area (Å²) in [5.74, 6) is -56.7. The molecule has 5 N–H and O–H groups in total. The van der Waals surface area contributed by atoms with Crippen LogP contribution in [0.5, 0.6) is 0 Å². The molecule has 1 fully saturated rings. The summed E-state index contributed by atoms with van der Waals surface area (Å²) in [7, 11) is 0. The molecule has 0 spiro atoms. The zero-order chi connectivity index (χ0) is 37.2. The van der Waals surface area contributed by atoms with Crippen LogP contribution in [0.4, 0.5) is 74.6 Å². The van der Waals surface area contributed by atoms with Crippen LogP contribution < -0.4 is 0 Å². The van der Waals surface area contributed by atoms with Crippen LogP contribution in [-0.2, 0) is 14.2 Å². The molecule has 0 aromatic heterocycles. The predicted octanol–water partition coefficient (Wildman–Crippen LogP) is 3.75. The minimum atomic E-state index is -8.68. The lowest BCUT2D eigenvalue weighted by molar-refractivity contribution is -0.461. The van der Waals surface area contributed by atoms with Gasteiger partial charge in [0.05, 0.1) is 6.61 Å². The summed E-state index contributed by atoms with van der Waals surface area (Å²) in [6.45, 7) is -2.79. The van der Waals surface area contributed by atoms with E-state index < -0.39 is 117 Å². The van der Waals surface area contributed by atoms with Gasteiger partial charge in [-0.3, -0.25) is 0 Å². The third-order valence-electron chi connectivity index (χ3n) is 6.70. The van der Waals surface area contributed by atoms with Crippen molar-refractivity contribution in [3.05, 3.63) is 0 Å². The number of alkyl halides is 17. The first-order valence-corrected chi connectivity index (χ1v) is 12.8. The molecule has 1 aliphatic heterocycles. The maximum absolute atomic E-state index is 13.9. The van der Waals surface area contributed by atoms with Crippen molar-refractivity contribution in [3.8, 4) is 0 Å². The molecule has 0 radical (unpaired) electrons. The monoisotopic (exact) mass is 742 g/mol. The van der Waals surface area contributed by atoms with Gasteiger partial charge in [0.25, 0.3) is 0 Å². The van der Waals surface area contributed by atoms with Crippen LogP contribution in [0.1, 0.15) is 25.7 Å². The first-order valence-electron chi connectivity index (χ1n) is 12.8. The molecule has 1 aliphatic rings. The van der Waals surface area contributed by atoms with Gasteiger partial charge >= 0.3 is 47.6 Å². The summed E-state index contributed by atoms with van der Waals surface area (Å²) in [4.78, 5) is 0. The third kappa shape index (κ3) is 7.95. The molecule has 1 heterocycles. The van der Waals surface area contributed by atoms with E-state index in [0.717, 1.165) is 0 Å². The van der Waals surface area contributed by atoms with Crippen molar-refractivity contribution in [2.24, 2.45) is 0 Å². The molecule has 0 amide bonds. The van der Waals surface area contributed by atoms with E-state index in [2.05, 4.69) is 4.74 Å². The molecule has 47 heavy (non-hydrogen) atoms. The Morgan fingerprint density at radius 3 is 1.45 bits per heavy atom. The van der Waals surface area contributed by atoms with E-state index in [9.17, 15) is 95.1 Å². The second kappa shape index (κ2) is 14.8. The largest absolute Gasteiger partial charge is 0.460 e. The van der Waals surface area contributed by atoms with Crippen LogP contribution in [0.25, 0.3) is 0 Å². The fourth-order valence-electron chi connectivity index (χ4n) is 3.79. The quantitative estimate of drug-likeness (QED) is 0.106. The van der Waals surface area contributed by atoms with Gasteiger partial charge in [0, 0.05) is 26.2 Å². The van der Waals surface area contributed by atoms with E-state index in [1.54, 1.807) is 0 Å². The lowest BCUT2D eigenvalue weighted by Crippen LogP contribution is -2.74. The Hall–Kier alpha value is -1.51. The number of aliphatic hydroxyl groups excluding tert-OH is 5. The SMILES string of the molecule is OC[C@@H](O)[C@H]1O[C@H](OCCCCOCCCC(F)(F)C(F)(F)C(F)(F)C(F)(F)C(F)(F)C(F)(F)C(F)(F)C(F)(F)F)[C@@H](O)[C@@H](O)[C@@H]1O. The van der Waals surface area contributed by atoms with Gasteiger partial charge < -0.3 is 39.7 Å². The molecule has 0 saturated carbocycles. The summed E-state index contributed by atoms with van der Waals surface area (Å²) < 4.78 is 241. The molecule has 0 unspecified atom stereocenters. The summed E-state index contributed by atoms with van der Waals surface area (Å²) in [5, 5.41) is 48.0. The fourth-order valence-corrected chi connectivity index (χ4v) is 3.79. The van der Waals surface area contributed by atoms with Crippen LogP contribution >= 0.6 is 0 Å². The maximum atomic E-state index is 13.9. The highest BCUT2D eigenvalue weighted by atomic mass is 19.4. The molecule has 25 heteroatoms. The zero-order valence-electron chi connectivity index (χ0n) is 23.0. The van der Waals surface area contributed by atoms with Crippen molar-refractivity contribution in [2.75, 3.05) is 26.4 Å². The van der Waals surface area contributed by atoms with Gasteiger partial charge in [0.1, 0.15) is 30.5 Å². The zero-order valence-corrected chi connectivity index (χ0v) is 23.0. The van der Waals surface area contributed by atoms with Crippen molar-refractivity contribution >= 4 is 0 Å². The summed E-state index contributed by atoms with van der Waals surface area (Å²) in [6, 6.07) is 0. The second-order valence-corrected chi connectivity index (χ2v) is 10.1. The Labute approximate surface area is 252 Å². The lowest BCUT2D eigenvalue weighted by Gasteiger charge is -2.42. The first-order chi connectivity index (χ1) is 20.9. The predicted molar refractivity (Wildman–Crippen MR) is 116 cm³/mol. The van der Waals surface area contributed by atoms with E-state index in [0.29, 0.717) is 0 Å². The van der Waals surface area contributed by atoms with Gasteiger partial charge in [0.15, 0.2) is 6.29 Å². The van der Waals surface area contributed by atoms with Gasteiger partial charge in [-0.15, -0.1) is 0 Å². The van der Waals surface area contributed by atoms with Gasteiger partial charge in [-0.25, -0.2) is 0 Å². The van der Waals surface area contributed by atoms with Crippen molar-refractivity contribution in [2.45, 2.75) is 110 Å². The van der Waals surface area contributed by atoms with Gasteiger partial charge in [-0.2, -0.15) is 74.6 Å². The lowest BCUT2D eigenvalue weighted by atomic mass is 9.88. The minimum absolute atomic E-state index is 0.0553. The molecule has 8 nitrogen and oxygen atoms in total. The van der Waals surface area contributed by atoms with E-state index >= 15 is 0 Å². The molecule has 0 bridgehead atoms. The smallest absolute Gasteiger partial charge is 0.394 e. The van der Waals surface area contributed by atoms with Crippen molar-refractivity contribution in [1.82, 2.24) is 0 Å². The van der Waals surface area contributed by atoms with E-state index in [1.165, 1.54) is 0 Å². The standard InChI is InChI=1S/C22H27F17O8/c23-15(24,16(25,26)17(27,28)18(29,30)19(31,32)20(33,34)21(35,36)22(37,38)39)4-3-6-45-5-1-2-7-46-14-12(44)10(42)11(43)13(47-14)9(41)8-40/h9-14,40-44H,1-8H2/t9-,10+,11+,12+,13-,14+/m1/s1. The van der Waals surface area contributed by atoms with Gasteiger partial charge in [0.2, 0.25) is 0 Å². The molecular formula is C22H27F17O8. The van der Waals surface area contributed by atoms with Crippen LogP contribution in [-0.4, -0.2) is 136 Å². The van der Waals surface area contributed by atoms with Crippen molar-refractivity contribution < 1.29 is 114 Å². The molecule has 0 aliphatic carbocycles. The Bertz CT molecular complexity index is 997. The average molecular weight is 742 g/mol. The van der Waals surface area contributed by atoms with E-state index in [-0.39, 0.29) is 19.4 Å². The summed E-state index contributed by atoms with van der Waals surface area (Å²) in [5.41, 5.74) is 0. The number of rotatable bonds is 18. The molecule has 6 atom stereocenters. The third-order valence-corrected chi connectivity index (χ3v) is 6.70. The van der Waals surface area contributed by atoms with E-state index in [1.807, 2.05) is 0 Å². The fraction of sp³-hybridized carbons (Fsp3) is 1.00. The summed E-state index contributed by atoms with van der Waals surface area (Å²) >= 11 is 0. The van der Waals surface area contributed by atoms with Crippen molar-refractivity contribution in [1.29, 1.82) is 0 Å². The molecule has 1 rings (SSSR count). The topological polar surface area (TPSA) is 129 Å². The molecule has 1 saturated heterocycles. The highest BCUT2D eigenvalue weighted by molar-refractivity contribution is 5.15. The second-order valence-electron chi connectivity index (χ2n) is 10.1. The number of hydrogen-bond acceptors (Lipinski definition) is 8. The summed E-state index contributed by atoms with van der Waals surface area (Å²) in [6.07, 6.45) is -22.6. The highest BCUT2D eigenvalue weighted by Gasteiger charge is 2.95. The molecular weight excluding hydrogens is 715 g/mol. The Morgan fingerprint density at radius 2 is 0.979 bits per heavy atom. The normalized spacial score (nSPS) is 25.3. The van der Waals surface area contributed by atoms with Crippen LogP contribution in [0, 0.1) is 0 Å². The van der Waals surface area contributed by atoms with Crippen LogP contribution in [0.15, 0.2) is 0 Å². The van der Waals surface area contributed by atoms with E-state index in [4.69, 9.17) is 14.6 Å². The minimum Gasteiger partial charge on any atom is -0.394 e. The number of aliphatic hydroxyl groups is 5. The highest BCUT2D eigenvalue weighted by Crippen LogP contribution is 2.64. The van der Waals surface area contributed by atoms with Gasteiger partial charge in [-0.1, -0.05) is 0 Å². The average Bonchev–Trinajstić information content (AvgIpc) is 2.94. The van der Waals surface area contributed by atoms with Crippen molar-refractivity contribution in [3.63, 3.8) is 0 Å². The van der Waals surface area contributed by atoms with Crippen LogP contribution in [0.2, 0.25) is 0 Å².